The van der Waals surface area contributed by atoms with E-state index < -0.39 is 19.7 Å². The Labute approximate surface area is 161 Å². The van der Waals surface area contributed by atoms with Gasteiger partial charge >= 0.3 is 0 Å². The fourth-order valence-corrected chi connectivity index (χ4v) is 3.28. The van der Waals surface area contributed by atoms with Crippen LogP contribution in [0, 0.1) is 0 Å². The Hall–Kier alpha value is 0.240. The molecule has 0 heterocycles. The SMILES string of the molecule is CCS(=O)(=O)CCOSOOO.CNCCS(=O)(=O)CCOSOOO. The van der Waals surface area contributed by atoms with Gasteiger partial charge in [-0.15, -0.1) is 8.67 Å². The predicted octanol–water partition coefficient (Wildman–Crippen LogP) is 0.0437. The number of rotatable bonds is 16. The number of hydrogen-bond acceptors (Lipinski definition) is 15. The molecule has 0 atom stereocenters. The first kappa shape index (κ1) is 28.4. The van der Waals surface area contributed by atoms with Crippen LogP contribution in [0.4, 0.5) is 0 Å². The molecule has 0 spiro atoms. The van der Waals surface area contributed by atoms with Gasteiger partial charge in [0.25, 0.3) is 0 Å². The quantitative estimate of drug-likeness (QED) is 0.120. The summed E-state index contributed by atoms with van der Waals surface area (Å²) in [5.74, 6) is -0.0327. The smallest absolute Gasteiger partial charge is 0.197 e. The first-order valence-corrected chi connectivity index (χ1v) is 11.8. The maximum Gasteiger partial charge on any atom is 0.197 e. The summed E-state index contributed by atoms with van der Waals surface area (Å²) in [7, 11) is -4.42. The normalized spacial score (nSPS) is 11.8. The van der Waals surface area contributed by atoms with E-state index in [0.717, 1.165) is 0 Å². The number of nitrogens with one attached hydrogen (secondary N) is 1. The van der Waals surface area contributed by atoms with Crippen molar-refractivity contribution >= 4 is 44.3 Å². The van der Waals surface area contributed by atoms with E-state index in [-0.39, 0.29) is 36.2 Å². The fraction of sp³-hybridized carbons (Fsp3) is 1.00. The molecule has 160 valence electrons. The molecule has 0 radical (unpaired) electrons. The Morgan fingerprint density at radius 1 is 0.846 bits per heavy atom. The molecule has 0 aromatic rings. The first-order chi connectivity index (χ1) is 12.2. The highest BCUT2D eigenvalue weighted by Gasteiger charge is 2.10. The molecule has 0 aliphatic heterocycles. The summed E-state index contributed by atoms with van der Waals surface area (Å²) in [6, 6.07) is 0. The summed E-state index contributed by atoms with van der Waals surface area (Å²) in [4.78, 5) is 0. The Bertz CT molecular complexity index is 499. The van der Waals surface area contributed by atoms with Gasteiger partial charge in [-0.2, -0.15) is 0 Å². The van der Waals surface area contributed by atoms with Crippen LogP contribution in [0.1, 0.15) is 6.92 Å². The van der Waals surface area contributed by atoms with E-state index in [1.54, 1.807) is 14.0 Å². The largest absolute Gasteiger partial charge is 0.319 e. The summed E-state index contributed by atoms with van der Waals surface area (Å²) >= 11 is 0.733. The minimum atomic E-state index is -3.09. The zero-order chi connectivity index (χ0) is 20.3. The van der Waals surface area contributed by atoms with Crippen LogP contribution in [-0.4, -0.2) is 77.2 Å². The van der Waals surface area contributed by atoms with Gasteiger partial charge in [0.05, 0.1) is 30.5 Å². The molecule has 3 N–H and O–H groups in total. The number of sulfone groups is 2. The van der Waals surface area contributed by atoms with Gasteiger partial charge in [-0.1, -0.05) is 17.0 Å². The molecule has 0 aliphatic carbocycles. The lowest BCUT2D eigenvalue weighted by Gasteiger charge is -2.02. The van der Waals surface area contributed by atoms with Crippen molar-refractivity contribution in [3.8, 4) is 0 Å². The van der Waals surface area contributed by atoms with Crippen molar-refractivity contribution in [1.82, 2.24) is 5.32 Å². The molecular formula is C9H23NO12S4. The third-order valence-electron chi connectivity index (χ3n) is 2.27. The van der Waals surface area contributed by atoms with Crippen molar-refractivity contribution in [2.75, 3.05) is 49.8 Å². The molecular weight excluding hydrogens is 442 g/mol. The fourth-order valence-electron chi connectivity index (χ4n) is 0.958. The Balaban J connectivity index is 0. The molecule has 0 rings (SSSR count). The van der Waals surface area contributed by atoms with E-state index >= 15 is 0 Å². The minimum Gasteiger partial charge on any atom is -0.319 e. The Morgan fingerprint density at radius 2 is 1.31 bits per heavy atom. The second-order valence-electron chi connectivity index (χ2n) is 4.06. The van der Waals surface area contributed by atoms with Gasteiger partial charge in [0, 0.05) is 12.3 Å². The average Bonchev–Trinajstić information content (AvgIpc) is 2.60. The molecule has 0 aromatic carbocycles. The van der Waals surface area contributed by atoms with Crippen LogP contribution in [0.5, 0.6) is 0 Å². The summed E-state index contributed by atoms with van der Waals surface area (Å²) in [5, 5.41) is 24.5. The van der Waals surface area contributed by atoms with Crippen LogP contribution in [0.2, 0.25) is 0 Å². The lowest BCUT2D eigenvalue weighted by molar-refractivity contribution is -0.434. The Morgan fingerprint density at radius 3 is 1.69 bits per heavy atom. The van der Waals surface area contributed by atoms with Gasteiger partial charge in [-0.05, 0) is 7.05 Å². The highest BCUT2D eigenvalue weighted by Crippen LogP contribution is 2.04. The van der Waals surface area contributed by atoms with E-state index in [2.05, 4.69) is 32.4 Å². The molecule has 0 fully saturated rings. The second kappa shape index (κ2) is 18.6. The van der Waals surface area contributed by atoms with Crippen LogP contribution >= 0.6 is 24.6 Å². The van der Waals surface area contributed by atoms with Crippen molar-refractivity contribution in [3.63, 3.8) is 0 Å². The predicted molar refractivity (Wildman–Crippen MR) is 93.6 cm³/mol. The summed E-state index contributed by atoms with van der Waals surface area (Å²) < 4.78 is 60.8. The highest BCUT2D eigenvalue weighted by molar-refractivity contribution is 7.92. The first-order valence-electron chi connectivity index (χ1n) is 6.82. The standard InChI is InChI=1S/C5H13NO6S2.C4H10O6S2/c1-6-2-4-14(8,9)5-3-10-13-12-11-7;1-2-12(6,7)4-3-8-11-10-9-5/h6-7H,2-5H2,1H3;5H,2-4H2,1H3. The summed E-state index contributed by atoms with van der Waals surface area (Å²) in [6.07, 6.45) is 0. The van der Waals surface area contributed by atoms with E-state index in [9.17, 15) is 16.8 Å². The second-order valence-corrected chi connectivity index (χ2v) is 9.85. The third kappa shape index (κ3) is 22.3. The van der Waals surface area contributed by atoms with Gasteiger partial charge in [-0.3, -0.25) is 8.37 Å². The van der Waals surface area contributed by atoms with Crippen molar-refractivity contribution in [3.05, 3.63) is 0 Å². The Kier molecular flexibility index (Phi) is 20.3. The number of hydrogen-bond donors (Lipinski definition) is 3. The van der Waals surface area contributed by atoms with E-state index in [0.29, 0.717) is 31.2 Å². The van der Waals surface area contributed by atoms with Crippen LogP contribution in [-0.2, 0) is 46.8 Å². The lowest BCUT2D eigenvalue weighted by atomic mass is 10.8. The minimum absolute atomic E-state index is 0.00972. The molecule has 0 saturated heterocycles. The molecule has 0 bridgehead atoms. The zero-order valence-corrected chi connectivity index (χ0v) is 17.3. The maximum absolute atomic E-state index is 11.2. The van der Waals surface area contributed by atoms with Crippen molar-refractivity contribution < 1.29 is 54.5 Å². The topological polar surface area (TPSA) is 176 Å². The molecule has 17 heteroatoms. The third-order valence-corrected chi connectivity index (χ3v) is 6.31. The molecule has 0 unspecified atom stereocenters. The monoisotopic (exact) mass is 465 g/mol. The van der Waals surface area contributed by atoms with E-state index in [1.165, 1.54) is 0 Å². The average molecular weight is 466 g/mol. The molecule has 13 nitrogen and oxygen atoms in total. The van der Waals surface area contributed by atoms with Crippen LogP contribution < -0.4 is 5.32 Å². The summed E-state index contributed by atoms with van der Waals surface area (Å²) in [6.45, 7) is 1.92. The van der Waals surface area contributed by atoms with Crippen LogP contribution in [0.15, 0.2) is 0 Å². The van der Waals surface area contributed by atoms with E-state index in [1.807, 2.05) is 0 Å². The van der Waals surface area contributed by atoms with Gasteiger partial charge in [0.2, 0.25) is 0 Å². The van der Waals surface area contributed by atoms with Gasteiger partial charge in [0.15, 0.2) is 44.3 Å². The highest BCUT2D eigenvalue weighted by atomic mass is 32.2. The van der Waals surface area contributed by atoms with Gasteiger partial charge < -0.3 is 5.32 Å². The zero-order valence-electron chi connectivity index (χ0n) is 14.1. The van der Waals surface area contributed by atoms with Gasteiger partial charge in [0.1, 0.15) is 0 Å². The van der Waals surface area contributed by atoms with Gasteiger partial charge in [-0.25, -0.2) is 27.4 Å². The van der Waals surface area contributed by atoms with Crippen LogP contribution in [0.25, 0.3) is 0 Å². The van der Waals surface area contributed by atoms with Crippen molar-refractivity contribution in [1.29, 1.82) is 0 Å². The summed E-state index contributed by atoms with van der Waals surface area (Å²) in [5.41, 5.74) is 0. The lowest BCUT2D eigenvalue weighted by Crippen LogP contribution is -2.22. The van der Waals surface area contributed by atoms with E-state index in [4.69, 9.17) is 10.5 Å². The maximum atomic E-state index is 11.2. The van der Waals surface area contributed by atoms with Crippen molar-refractivity contribution in [2.24, 2.45) is 0 Å². The molecule has 0 saturated carbocycles. The van der Waals surface area contributed by atoms with Crippen LogP contribution in [0.3, 0.4) is 0 Å². The molecule has 26 heavy (non-hydrogen) atoms. The molecule has 0 aromatic heterocycles. The molecule has 0 aliphatic rings. The van der Waals surface area contributed by atoms with Crippen molar-refractivity contribution in [2.45, 2.75) is 6.92 Å². The molecule has 0 amide bonds.